The summed E-state index contributed by atoms with van der Waals surface area (Å²) >= 11 is 0. The van der Waals surface area contributed by atoms with Gasteiger partial charge >= 0.3 is 5.97 Å². The molecule has 0 atom stereocenters. The maximum Gasteiger partial charge on any atom is 0.332 e. The van der Waals surface area contributed by atoms with E-state index in [0.29, 0.717) is 0 Å². The Balaban J connectivity index is 2.10. The molecule has 3 nitrogen and oxygen atoms in total. The first-order chi connectivity index (χ1) is 8.70. The number of hydrogen-bond donors (Lipinski definition) is 0. The molecule has 0 saturated carbocycles. The van der Waals surface area contributed by atoms with Gasteiger partial charge in [-0.2, -0.15) is 0 Å². The number of esters is 1. The van der Waals surface area contributed by atoms with Gasteiger partial charge in [0.15, 0.2) is 11.4 Å². The van der Waals surface area contributed by atoms with Crippen LogP contribution in [-0.2, 0) is 14.3 Å². The van der Waals surface area contributed by atoms with Crippen molar-refractivity contribution in [2.24, 2.45) is 0 Å². The van der Waals surface area contributed by atoms with E-state index >= 15 is 0 Å². The predicted octanol–water partition coefficient (Wildman–Crippen LogP) is 2.06. The van der Waals surface area contributed by atoms with Crippen LogP contribution in [0.15, 0.2) is 60.7 Å². The van der Waals surface area contributed by atoms with E-state index in [1.165, 1.54) is 18.2 Å². The lowest BCUT2D eigenvalue weighted by Crippen LogP contribution is -2.28. The molecule has 1 aromatic carbocycles. The molecule has 0 bridgehead atoms. The van der Waals surface area contributed by atoms with Crippen molar-refractivity contribution in [2.45, 2.75) is 5.60 Å². The van der Waals surface area contributed by atoms with Crippen LogP contribution >= 0.6 is 0 Å². The maximum atomic E-state index is 11.5. The summed E-state index contributed by atoms with van der Waals surface area (Å²) in [6, 6.07) is 9.52. The van der Waals surface area contributed by atoms with E-state index in [9.17, 15) is 9.59 Å². The van der Waals surface area contributed by atoms with Crippen molar-refractivity contribution >= 4 is 17.3 Å². The second-order valence-electron chi connectivity index (χ2n) is 4.21. The van der Waals surface area contributed by atoms with Crippen molar-refractivity contribution in [3.8, 4) is 0 Å². The molecule has 0 amide bonds. The van der Waals surface area contributed by atoms with Crippen molar-refractivity contribution in [3.63, 3.8) is 0 Å². The monoisotopic (exact) mass is 238 g/mol. The van der Waals surface area contributed by atoms with E-state index in [2.05, 4.69) is 0 Å². The van der Waals surface area contributed by atoms with E-state index in [1.807, 2.05) is 30.3 Å². The topological polar surface area (TPSA) is 43.4 Å². The minimum atomic E-state index is -0.924. The van der Waals surface area contributed by atoms with Crippen LogP contribution in [0.2, 0.25) is 0 Å². The average Bonchev–Trinajstić information content (AvgIpc) is 2.71. The summed E-state index contributed by atoms with van der Waals surface area (Å²) in [6.45, 7) is 0. The van der Waals surface area contributed by atoms with Crippen molar-refractivity contribution in [1.29, 1.82) is 0 Å². The molecule has 1 aromatic rings. The molecule has 1 aliphatic heterocycles. The lowest BCUT2D eigenvalue weighted by Gasteiger charge is -2.26. The van der Waals surface area contributed by atoms with Crippen LogP contribution in [-0.4, -0.2) is 17.4 Å². The number of ketones is 1. The molecular formula is C15H10O3. The van der Waals surface area contributed by atoms with Gasteiger partial charge in [0.2, 0.25) is 0 Å². The number of rotatable bonds is 1. The Labute approximate surface area is 104 Å². The van der Waals surface area contributed by atoms with Crippen LogP contribution in [0.25, 0.3) is 5.57 Å². The summed E-state index contributed by atoms with van der Waals surface area (Å²) in [5, 5.41) is 0. The Hall–Kier alpha value is -2.42. The van der Waals surface area contributed by atoms with Gasteiger partial charge in [-0.3, -0.25) is 4.79 Å². The highest BCUT2D eigenvalue weighted by Gasteiger charge is 2.40. The lowest BCUT2D eigenvalue weighted by atomic mass is 9.86. The lowest BCUT2D eigenvalue weighted by molar-refractivity contribution is -0.140. The molecule has 0 aromatic heterocycles. The minimum absolute atomic E-state index is 0.101. The molecule has 0 unspecified atom stereocenters. The number of carbonyl (C=O) groups excluding carboxylic acids is 2. The fourth-order valence-corrected chi connectivity index (χ4v) is 2.18. The summed E-state index contributed by atoms with van der Waals surface area (Å²) in [5.74, 6) is -0.492. The third kappa shape index (κ3) is 1.61. The predicted molar refractivity (Wildman–Crippen MR) is 66.5 cm³/mol. The highest BCUT2D eigenvalue weighted by Crippen LogP contribution is 2.39. The van der Waals surface area contributed by atoms with Crippen molar-refractivity contribution in [3.05, 3.63) is 66.3 Å². The largest absolute Gasteiger partial charge is 0.442 e. The van der Waals surface area contributed by atoms with Gasteiger partial charge in [-0.15, -0.1) is 0 Å². The molecular weight excluding hydrogens is 228 g/mol. The van der Waals surface area contributed by atoms with Gasteiger partial charge in [0.05, 0.1) is 0 Å². The molecule has 1 aliphatic carbocycles. The Bertz CT molecular complexity index is 590. The van der Waals surface area contributed by atoms with Crippen LogP contribution in [0.3, 0.4) is 0 Å². The van der Waals surface area contributed by atoms with Crippen LogP contribution < -0.4 is 0 Å². The van der Waals surface area contributed by atoms with Gasteiger partial charge in [0.25, 0.3) is 0 Å². The normalized spacial score (nSPS) is 20.1. The quantitative estimate of drug-likeness (QED) is 0.703. The highest BCUT2D eigenvalue weighted by atomic mass is 16.6. The molecule has 18 heavy (non-hydrogen) atoms. The van der Waals surface area contributed by atoms with E-state index in [0.717, 1.165) is 11.1 Å². The zero-order valence-corrected chi connectivity index (χ0v) is 9.50. The summed E-state index contributed by atoms with van der Waals surface area (Å²) in [5.41, 5.74) is 0.742. The maximum absolute atomic E-state index is 11.5. The zero-order chi connectivity index (χ0) is 12.6. The van der Waals surface area contributed by atoms with E-state index in [1.54, 1.807) is 12.2 Å². The van der Waals surface area contributed by atoms with Crippen LogP contribution in [0, 0.1) is 0 Å². The average molecular weight is 238 g/mol. The number of hydrogen-bond acceptors (Lipinski definition) is 3. The summed E-state index contributed by atoms with van der Waals surface area (Å²) in [6.07, 6.45) is 7.57. The molecule has 3 rings (SSSR count). The second-order valence-corrected chi connectivity index (χ2v) is 4.21. The Morgan fingerprint density at radius 2 is 1.61 bits per heavy atom. The Morgan fingerprint density at radius 1 is 0.944 bits per heavy atom. The Kier molecular flexibility index (Phi) is 2.27. The SMILES string of the molecule is O=C1C=CC2(C=C1)OC(=O)C=C2c1ccccc1. The van der Waals surface area contributed by atoms with Gasteiger partial charge in [-0.25, -0.2) is 4.79 Å². The molecule has 0 saturated heterocycles. The fraction of sp³-hybridized carbons (Fsp3) is 0.0667. The molecule has 1 heterocycles. The number of allylic oxidation sites excluding steroid dienone is 2. The number of benzene rings is 1. The highest BCUT2D eigenvalue weighted by molar-refractivity contribution is 6.06. The smallest absolute Gasteiger partial charge is 0.332 e. The summed E-state index contributed by atoms with van der Waals surface area (Å²) < 4.78 is 5.35. The van der Waals surface area contributed by atoms with Crippen molar-refractivity contribution in [1.82, 2.24) is 0 Å². The first-order valence-corrected chi connectivity index (χ1v) is 5.63. The molecule has 0 N–H and O–H groups in total. The second kappa shape index (κ2) is 3.81. The number of ether oxygens (including phenoxy) is 1. The van der Waals surface area contributed by atoms with Gasteiger partial charge in [-0.05, 0) is 29.9 Å². The fourth-order valence-electron chi connectivity index (χ4n) is 2.18. The molecule has 0 fully saturated rings. The molecule has 3 heteroatoms. The minimum Gasteiger partial charge on any atom is -0.442 e. The van der Waals surface area contributed by atoms with Gasteiger partial charge < -0.3 is 4.74 Å². The van der Waals surface area contributed by atoms with Crippen LogP contribution in [0.4, 0.5) is 0 Å². The molecule has 0 radical (unpaired) electrons. The van der Waals surface area contributed by atoms with Crippen LogP contribution in [0.1, 0.15) is 5.56 Å². The first kappa shape index (κ1) is 10.7. The third-order valence-electron chi connectivity index (χ3n) is 3.03. The van der Waals surface area contributed by atoms with Crippen molar-refractivity contribution in [2.75, 3.05) is 0 Å². The molecule has 1 spiro atoms. The zero-order valence-electron chi connectivity index (χ0n) is 9.50. The summed E-state index contributed by atoms with van der Waals surface area (Å²) in [4.78, 5) is 22.7. The van der Waals surface area contributed by atoms with E-state index in [-0.39, 0.29) is 5.78 Å². The standard InChI is InChI=1S/C15H10O3/c16-12-6-8-15(9-7-12)13(10-14(17)18-15)11-4-2-1-3-5-11/h1-10H. The van der Waals surface area contributed by atoms with Gasteiger partial charge in [0, 0.05) is 11.6 Å². The molecule has 88 valence electrons. The van der Waals surface area contributed by atoms with E-state index < -0.39 is 11.6 Å². The first-order valence-electron chi connectivity index (χ1n) is 5.63. The van der Waals surface area contributed by atoms with E-state index in [4.69, 9.17) is 4.74 Å². The van der Waals surface area contributed by atoms with Gasteiger partial charge in [0.1, 0.15) is 0 Å². The van der Waals surface area contributed by atoms with Crippen LogP contribution in [0.5, 0.6) is 0 Å². The third-order valence-corrected chi connectivity index (χ3v) is 3.03. The van der Waals surface area contributed by atoms with Crippen molar-refractivity contribution < 1.29 is 14.3 Å². The van der Waals surface area contributed by atoms with Gasteiger partial charge in [-0.1, -0.05) is 30.3 Å². The Morgan fingerprint density at radius 3 is 2.28 bits per heavy atom. The summed E-state index contributed by atoms with van der Waals surface area (Å²) in [7, 11) is 0. The molecule has 2 aliphatic rings. The number of carbonyl (C=O) groups is 2.